The maximum atomic E-state index is 13.0. The summed E-state index contributed by atoms with van der Waals surface area (Å²) < 4.78 is 28.0. The molecule has 182 valence electrons. The van der Waals surface area contributed by atoms with E-state index in [0.717, 1.165) is 5.56 Å². The summed E-state index contributed by atoms with van der Waals surface area (Å²) in [6, 6.07) is 11.7. The van der Waals surface area contributed by atoms with Gasteiger partial charge in [0.05, 0.1) is 18.6 Å². The Labute approximate surface area is 197 Å². The molecular formula is C22H27N5O6S. The van der Waals surface area contributed by atoms with E-state index >= 15 is 0 Å². The number of rotatable bonds is 8. The molecule has 1 aliphatic rings. The van der Waals surface area contributed by atoms with Gasteiger partial charge in [-0.15, -0.1) is 0 Å². The highest BCUT2D eigenvalue weighted by atomic mass is 32.2. The van der Waals surface area contributed by atoms with Crippen molar-refractivity contribution in [3.63, 3.8) is 0 Å². The van der Waals surface area contributed by atoms with E-state index in [-0.39, 0.29) is 17.5 Å². The maximum Gasteiger partial charge on any atom is 0.344 e. The zero-order chi connectivity index (χ0) is 25.3. The number of hydrogen-bond acceptors (Lipinski definition) is 7. The van der Waals surface area contributed by atoms with Crippen LogP contribution in [0.25, 0.3) is 0 Å². The van der Waals surface area contributed by atoms with Gasteiger partial charge in [-0.05, 0) is 56.3 Å². The molecule has 0 saturated carbocycles. The maximum absolute atomic E-state index is 13.0. The molecule has 11 nitrogen and oxygen atoms in total. The summed E-state index contributed by atoms with van der Waals surface area (Å²) in [6.45, 7) is 3.25. The van der Waals surface area contributed by atoms with E-state index < -0.39 is 33.4 Å². The van der Waals surface area contributed by atoms with Crippen molar-refractivity contribution in [1.29, 1.82) is 0 Å². The largest absolute Gasteiger partial charge is 0.497 e. The van der Waals surface area contributed by atoms with Gasteiger partial charge in [0.2, 0.25) is 10.0 Å². The molecule has 2 aromatic carbocycles. The number of nitrogens with zero attached hydrogens (tertiary/aromatic N) is 2. The molecule has 1 aliphatic heterocycles. The lowest BCUT2D eigenvalue weighted by atomic mass is 9.92. The number of imide groups is 1. The summed E-state index contributed by atoms with van der Waals surface area (Å²) in [7, 11) is -0.593. The number of methoxy groups -OCH3 is 1. The van der Waals surface area contributed by atoms with Crippen molar-refractivity contribution in [3.8, 4) is 5.75 Å². The number of primary sulfonamides is 1. The molecule has 0 spiro atoms. The van der Waals surface area contributed by atoms with Gasteiger partial charge >= 0.3 is 6.03 Å². The van der Waals surface area contributed by atoms with Gasteiger partial charge in [-0.1, -0.05) is 24.3 Å². The number of hydrazine groups is 1. The first-order chi connectivity index (χ1) is 15.9. The number of benzene rings is 2. The smallest absolute Gasteiger partial charge is 0.344 e. The SMILES string of the molecule is COc1ccc(C2(C)NC(=O)N(NC(=O)CN(C)C(C)c3ccc(S(N)(=O)=O)cc3)C2=O)cc1. The number of nitrogens with one attached hydrogen (secondary N) is 2. The van der Waals surface area contributed by atoms with Crippen molar-refractivity contribution in [2.75, 3.05) is 20.7 Å². The molecular weight excluding hydrogens is 462 g/mol. The quantitative estimate of drug-likeness (QED) is 0.465. The van der Waals surface area contributed by atoms with E-state index in [4.69, 9.17) is 9.88 Å². The molecule has 1 fully saturated rings. The van der Waals surface area contributed by atoms with E-state index in [1.54, 1.807) is 55.3 Å². The lowest BCUT2D eigenvalue weighted by Crippen LogP contribution is -2.50. The fourth-order valence-corrected chi connectivity index (χ4v) is 4.09. The molecule has 4 amide bonds. The van der Waals surface area contributed by atoms with Crippen LogP contribution >= 0.6 is 0 Å². The Morgan fingerprint density at radius 3 is 2.29 bits per heavy atom. The van der Waals surface area contributed by atoms with E-state index in [0.29, 0.717) is 16.3 Å². The first-order valence-electron chi connectivity index (χ1n) is 10.3. The van der Waals surface area contributed by atoms with Crippen molar-refractivity contribution in [3.05, 3.63) is 59.7 Å². The van der Waals surface area contributed by atoms with Crippen molar-refractivity contribution >= 4 is 27.9 Å². The average Bonchev–Trinajstić information content (AvgIpc) is 3.01. The molecule has 2 aromatic rings. The normalized spacial score (nSPS) is 19.2. The molecule has 1 saturated heterocycles. The van der Waals surface area contributed by atoms with Crippen LogP contribution in [0.3, 0.4) is 0 Å². The monoisotopic (exact) mass is 489 g/mol. The van der Waals surface area contributed by atoms with E-state index in [1.807, 2.05) is 6.92 Å². The van der Waals surface area contributed by atoms with Crippen LogP contribution in [0.1, 0.15) is 31.0 Å². The number of nitrogens with two attached hydrogens (primary N) is 1. The van der Waals surface area contributed by atoms with E-state index in [2.05, 4.69) is 10.7 Å². The van der Waals surface area contributed by atoms with E-state index in [1.165, 1.54) is 19.2 Å². The number of carbonyl (C=O) groups is 3. The Bertz CT molecular complexity index is 1200. The van der Waals surface area contributed by atoms with Crippen molar-refractivity contribution in [2.45, 2.75) is 30.3 Å². The number of carbonyl (C=O) groups excluding carboxylic acids is 3. The summed E-state index contributed by atoms with van der Waals surface area (Å²) >= 11 is 0. The Morgan fingerprint density at radius 1 is 1.18 bits per heavy atom. The Balaban J connectivity index is 1.65. The fraction of sp³-hybridized carbons (Fsp3) is 0.318. The van der Waals surface area contributed by atoms with Crippen LogP contribution in [0.2, 0.25) is 0 Å². The zero-order valence-corrected chi connectivity index (χ0v) is 20.0. The summed E-state index contributed by atoms with van der Waals surface area (Å²) in [5.74, 6) is -0.589. The van der Waals surface area contributed by atoms with Crippen LogP contribution in [-0.4, -0.2) is 56.9 Å². The first kappa shape index (κ1) is 25.1. The molecule has 1 heterocycles. The molecule has 4 N–H and O–H groups in total. The van der Waals surface area contributed by atoms with Gasteiger partial charge in [-0.25, -0.2) is 18.4 Å². The molecule has 34 heavy (non-hydrogen) atoms. The Morgan fingerprint density at radius 2 is 1.76 bits per heavy atom. The van der Waals surface area contributed by atoms with E-state index in [9.17, 15) is 22.8 Å². The molecule has 12 heteroatoms. The molecule has 0 bridgehead atoms. The van der Waals surface area contributed by atoms with Crippen LogP contribution in [0.15, 0.2) is 53.4 Å². The number of urea groups is 1. The predicted molar refractivity (Wildman–Crippen MR) is 123 cm³/mol. The Hall–Kier alpha value is -3.48. The van der Waals surface area contributed by atoms with Gasteiger partial charge in [-0.2, -0.15) is 5.01 Å². The van der Waals surface area contributed by atoms with Crippen LogP contribution in [0, 0.1) is 0 Å². The predicted octanol–water partition coefficient (Wildman–Crippen LogP) is 0.834. The summed E-state index contributed by atoms with van der Waals surface area (Å²) in [6.07, 6.45) is 0. The lowest BCUT2D eigenvalue weighted by Gasteiger charge is -2.26. The number of amides is 4. The summed E-state index contributed by atoms with van der Waals surface area (Å²) in [5.41, 5.74) is 2.31. The van der Waals surface area contributed by atoms with Gasteiger partial charge in [0.25, 0.3) is 11.8 Å². The van der Waals surface area contributed by atoms with Crippen LogP contribution < -0.4 is 20.6 Å². The van der Waals surface area contributed by atoms with Gasteiger partial charge < -0.3 is 10.1 Å². The topological polar surface area (TPSA) is 151 Å². The third kappa shape index (κ3) is 5.03. The highest BCUT2D eigenvalue weighted by Gasteiger charge is 2.50. The Kier molecular flexibility index (Phi) is 6.96. The van der Waals surface area contributed by atoms with Crippen molar-refractivity contribution in [2.24, 2.45) is 5.14 Å². The minimum absolute atomic E-state index is 0.0117. The van der Waals surface area contributed by atoms with Crippen LogP contribution in [0.5, 0.6) is 5.75 Å². The number of likely N-dealkylation sites (N-methyl/N-ethyl adjacent to an activating group) is 1. The lowest BCUT2D eigenvalue weighted by molar-refractivity contribution is -0.139. The minimum atomic E-state index is -3.80. The van der Waals surface area contributed by atoms with Crippen molar-refractivity contribution < 1.29 is 27.5 Å². The van der Waals surface area contributed by atoms with Gasteiger partial charge in [0.15, 0.2) is 0 Å². The van der Waals surface area contributed by atoms with Gasteiger partial charge in [0, 0.05) is 6.04 Å². The fourth-order valence-electron chi connectivity index (χ4n) is 3.57. The first-order valence-corrected chi connectivity index (χ1v) is 11.8. The third-order valence-electron chi connectivity index (χ3n) is 5.84. The highest BCUT2D eigenvalue weighted by molar-refractivity contribution is 7.89. The highest BCUT2D eigenvalue weighted by Crippen LogP contribution is 2.29. The minimum Gasteiger partial charge on any atom is -0.497 e. The molecule has 2 unspecified atom stereocenters. The number of hydrogen-bond donors (Lipinski definition) is 3. The number of sulfonamides is 1. The number of ether oxygens (including phenoxy) is 1. The molecule has 0 aliphatic carbocycles. The zero-order valence-electron chi connectivity index (χ0n) is 19.2. The second-order valence-corrected chi connectivity index (χ2v) is 9.73. The standard InChI is InChI=1S/C22H27N5O6S/c1-14(15-5-11-18(12-6-15)34(23,31)32)26(3)13-19(28)25-27-20(29)22(2,24-21(27)30)16-7-9-17(33-4)10-8-16/h5-12,14H,13H2,1-4H3,(H,24,30)(H,25,28)(H2,23,31,32). The molecule has 0 radical (unpaired) electrons. The molecule has 0 aromatic heterocycles. The summed E-state index contributed by atoms with van der Waals surface area (Å²) in [4.78, 5) is 39.8. The van der Waals surface area contributed by atoms with Crippen LogP contribution in [0.4, 0.5) is 4.79 Å². The second kappa shape index (κ2) is 9.41. The van der Waals surface area contributed by atoms with Gasteiger partial charge in [0.1, 0.15) is 11.3 Å². The molecule has 2 atom stereocenters. The van der Waals surface area contributed by atoms with Gasteiger partial charge in [-0.3, -0.25) is 19.9 Å². The van der Waals surface area contributed by atoms with Crippen molar-refractivity contribution in [1.82, 2.24) is 20.7 Å². The third-order valence-corrected chi connectivity index (χ3v) is 6.77. The van der Waals surface area contributed by atoms with Crippen LogP contribution in [-0.2, 0) is 25.2 Å². The molecule has 3 rings (SSSR count). The summed E-state index contributed by atoms with van der Waals surface area (Å²) in [5, 5.41) is 8.41. The average molecular weight is 490 g/mol. The second-order valence-electron chi connectivity index (χ2n) is 8.16.